The maximum Gasteiger partial charge on any atom is 0.573 e. The first-order chi connectivity index (χ1) is 14.4. The molecule has 0 fully saturated rings. The molecule has 0 heterocycles. The Bertz CT molecular complexity index is 1140. The molecular weight excluding hydrogens is 392 g/mol. The average Bonchev–Trinajstić information content (AvgIpc) is 2.72. The van der Waals surface area contributed by atoms with Gasteiger partial charge in [-0.3, -0.25) is 0 Å². The van der Waals surface area contributed by atoms with Crippen molar-refractivity contribution in [1.29, 1.82) is 0 Å². The van der Waals surface area contributed by atoms with Crippen molar-refractivity contribution in [3.8, 4) is 17.6 Å². The number of aryl methyl sites for hydroxylation is 1. The molecule has 3 aromatic rings. The minimum atomic E-state index is -4.93. The third kappa shape index (κ3) is 4.14. The van der Waals surface area contributed by atoms with Crippen LogP contribution in [0.5, 0.6) is 5.75 Å². The van der Waals surface area contributed by atoms with Gasteiger partial charge in [-0.05, 0) is 58.9 Å². The lowest BCUT2D eigenvalue weighted by Crippen LogP contribution is -2.19. The summed E-state index contributed by atoms with van der Waals surface area (Å²) in [7, 11) is 0. The van der Waals surface area contributed by atoms with E-state index in [4.69, 9.17) is 0 Å². The van der Waals surface area contributed by atoms with Crippen LogP contribution in [0, 0.1) is 23.6 Å². The minimum absolute atomic E-state index is 0.00230. The molecule has 0 spiro atoms. The lowest BCUT2D eigenvalue weighted by Gasteiger charge is -2.30. The van der Waals surface area contributed by atoms with Crippen LogP contribution in [0.15, 0.2) is 54.6 Å². The van der Waals surface area contributed by atoms with Gasteiger partial charge in [-0.2, -0.15) is 0 Å². The molecule has 1 nitrogen and oxygen atoms in total. The fraction of sp³-hybridized carbons (Fsp3) is 0.280. The van der Waals surface area contributed by atoms with Crippen molar-refractivity contribution in [1.82, 2.24) is 0 Å². The van der Waals surface area contributed by atoms with Crippen molar-refractivity contribution >= 4 is 10.8 Å². The molecule has 0 aromatic heterocycles. The van der Waals surface area contributed by atoms with E-state index < -0.39 is 17.9 Å². The summed E-state index contributed by atoms with van der Waals surface area (Å²) in [5, 5.41) is 2.43. The first-order valence-corrected chi connectivity index (χ1v) is 9.93. The van der Waals surface area contributed by atoms with Gasteiger partial charge >= 0.3 is 6.36 Å². The van der Waals surface area contributed by atoms with Crippen LogP contribution in [0.2, 0.25) is 0 Å². The molecule has 0 saturated heterocycles. The van der Waals surface area contributed by atoms with E-state index in [1.165, 1.54) is 28.0 Å². The Morgan fingerprint density at radius 1 is 1.07 bits per heavy atom. The highest BCUT2D eigenvalue weighted by atomic mass is 19.4. The molecule has 2 atom stereocenters. The Morgan fingerprint density at radius 2 is 1.87 bits per heavy atom. The van der Waals surface area contributed by atoms with Gasteiger partial charge < -0.3 is 4.74 Å². The number of hydrogen-bond acceptors (Lipinski definition) is 1. The van der Waals surface area contributed by atoms with Gasteiger partial charge in [0.15, 0.2) is 11.6 Å². The van der Waals surface area contributed by atoms with Gasteiger partial charge in [-0.1, -0.05) is 61.6 Å². The zero-order chi connectivity index (χ0) is 21.3. The third-order valence-corrected chi connectivity index (χ3v) is 5.70. The molecule has 0 radical (unpaired) electrons. The van der Waals surface area contributed by atoms with Crippen LogP contribution in [0.25, 0.3) is 10.8 Å². The lowest BCUT2D eigenvalue weighted by atomic mass is 9.73. The van der Waals surface area contributed by atoms with Gasteiger partial charge in [0.1, 0.15) is 0 Å². The van der Waals surface area contributed by atoms with Gasteiger partial charge in [0, 0.05) is 11.5 Å². The Hall–Kier alpha value is -3.00. The van der Waals surface area contributed by atoms with Crippen LogP contribution in [0.4, 0.5) is 17.6 Å². The Kier molecular flexibility index (Phi) is 5.42. The van der Waals surface area contributed by atoms with Crippen LogP contribution in [-0.4, -0.2) is 6.36 Å². The van der Waals surface area contributed by atoms with Crippen LogP contribution < -0.4 is 4.74 Å². The third-order valence-electron chi connectivity index (χ3n) is 5.70. The van der Waals surface area contributed by atoms with Crippen molar-refractivity contribution in [2.45, 2.75) is 38.5 Å². The van der Waals surface area contributed by atoms with E-state index in [1.54, 1.807) is 0 Å². The largest absolute Gasteiger partial charge is 0.573 e. The molecule has 154 valence electrons. The van der Waals surface area contributed by atoms with Gasteiger partial charge in [-0.15, -0.1) is 13.2 Å². The second-order valence-corrected chi connectivity index (χ2v) is 7.50. The Labute approximate surface area is 172 Å². The fourth-order valence-electron chi connectivity index (χ4n) is 4.26. The number of halogens is 4. The van der Waals surface area contributed by atoms with E-state index in [2.05, 4.69) is 47.8 Å². The molecule has 1 aliphatic carbocycles. The molecule has 1 aliphatic rings. The van der Waals surface area contributed by atoms with Crippen molar-refractivity contribution in [3.05, 3.63) is 77.1 Å². The summed E-state index contributed by atoms with van der Waals surface area (Å²) in [6.07, 6.45) is -1.95. The SMILES string of the molecule is CC[C@@H]1CCc2c(ccc3ccccc23)[C@H]1C#Cc1ccc(OC(F)(F)F)c(F)c1. The van der Waals surface area contributed by atoms with E-state index >= 15 is 0 Å². The summed E-state index contributed by atoms with van der Waals surface area (Å²) in [5.41, 5.74) is 2.82. The molecule has 0 unspecified atom stereocenters. The van der Waals surface area contributed by atoms with Crippen molar-refractivity contribution < 1.29 is 22.3 Å². The number of rotatable bonds is 2. The number of fused-ring (bicyclic) bond motifs is 3. The van der Waals surface area contributed by atoms with Gasteiger partial charge in [-0.25, -0.2) is 4.39 Å². The smallest absolute Gasteiger partial charge is 0.403 e. The molecular formula is C25H20F4O. The highest BCUT2D eigenvalue weighted by molar-refractivity contribution is 5.87. The molecule has 5 heteroatoms. The molecule has 4 rings (SSSR count). The summed E-state index contributed by atoms with van der Waals surface area (Å²) in [6.45, 7) is 2.13. The zero-order valence-corrected chi connectivity index (χ0v) is 16.4. The zero-order valence-electron chi connectivity index (χ0n) is 16.4. The molecule has 0 aliphatic heterocycles. The predicted molar refractivity (Wildman–Crippen MR) is 109 cm³/mol. The monoisotopic (exact) mass is 412 g/mol. The van der Waals surface area contributed by atoms with Crippen LogP contribution in [0.3, 0.4) is 0 Å². The van der Waals surface area contributed by atoms with Gasteiger partial charge in [0.25, 0.3) is 0 Å². The summed E-state index contributed by atoms with van der Waals surface area (Å²) >= 11 is 0. The fourth-order valence-corrected chi connectivity index (χ4v) is 4.26. The number of alkyl halides is 3. The van der Waals surface area contributed by atoms with Crippen molar-refractivity contribution in [3.63, 3.8) is 0 Å². The normalized spacial score (nSPS) is 18.4. The maximum absolute atomic E-state index is 14.0. The molecule has 0 saturated carbocycles. The maximum atomic E-state index is 14.0. The van der Waals surface area contributed by atoms with E-state index in [9.17, 15) is 17.6 Å². The van der Waals surface area contributed by atoms with Crippen molar-refractivity contribution in [2.75, 3.05) is 0 Å². The van der Waals surface area contributed by atoms with Crippen LogP contribution in [0.1, 0.15) is 42.4 Å². The molecule has 3 aromatic carbocycles. The van der Waals surface area contributed by atoms with E-state index in [1.807, 2.05) is 12.1 Å². The average molecular weight is 412 g/mol. The highest BCUT2D eigenvalue weighted by Crippen LogP contribution is 2.40. The number of benzene rings is 3. The molecule has 0 amide bonds. The second kappa shape index (κ2) is 8.02. The Morgan fingerprint density at radius 3 is 2.60 bits per heavy atom. The quantitative estimate of drug-likeness (QED) is 0.326. The van der Waals surface area contributed by atoms with Gasteiger partial charge in [0.05, 0.1) is 0 Å². The van der Waals surface area contributed by atoms with Crippen LogP contribution in [-0.2, 0) is 6.42 Å². The number of hydrogen-bond donors (Lipinski definition) is 0. The van der Waals surface area contributed by atoms with Crippen LogP contribution >= 0.6 is 0 Å². The predicted octanol–water partition coefficient (Wildman–Crippen LogP) is 6.99. The van der Waals surface area contributed by atoms with Crippen molar-refractivity contribution in [2.24, 2.45) is 5.92 Å². The van der Waals surface area contributed by atoms with E-state index in [-0.39, 0.29) is 5.92 Å². The second-order valence-electron chi connectivity index (χ2n) is 7.50. The number of ether oxygens (including phenoxy) is 1. The summed E-state index contributed by atoms with van der Waals surface area (Å²) in [5.74, 6) is 4.69. The summed E-state index contributed by atoms with van der Waals surface area (Å²) in [4.78, 5) is 0. The highest BCUT2D eigenvalue weighted by Gasteiger charge is 2.32. The van der Waals surface area contributed by atoms with E-state index in [0.717, 1.165) is 31.4 Å². The summed E-state index contributed by atoms with van der Waals surface area (Å²) in [6, 6.07) is 15.8. The van der Waals surface area contributed by atoms with E-state index in [0.29, 0.717) is 11.5 Å². The Balaban J connectivity index is 1.69. The molecule has 30 heavy (non-hydrogen) atoms. The standard InChI is InChI=1S/C25H20F4O/c1-2-17-9-12-21-19-6-4-3-5-18(19)10-13-22(21)20(17)11-7-16-8-14-24(23(26)15-16)30-25(27,28)29/h3-6,8,10,13-15,17,20H,2,9,12H2,1H3/t17-,20+/m1/s1. The summed E-state index contributed by atoms with van der Waals surface area (Å²) < 4.78 is 54.7. The topological polar surface area (TPSA) is 9.23 Å². The first-order valence-electron chi connectivity index (χ1n) is 9.93. The minimum Gasteiger partial charge on any atom is -0.403 e. The molecule has 0 N–H and O–H groups in total. The first kappa shape index (κ1) is 20.3. The lowest BCUT2D eigenvalue weighted by molar-refractivity contribution is -0.275. The van der Waals surface area contributed by atoms with Gasteiger partial charge in [0.2, 0.25) is 0 Å². The molecule has 0 bridgehead atoms.